The molecular weight excluding hydrogens is 279 g/mol. The smallest absolute Gasteiger partial charge is 0.169 e. The fourth-order valence-corrected chi connectivity index (χ4v) is 2.29. The molecule has 1 aromatic heterocycles. The van der Waals surface area contributed by atoms with Crippen LogP contribution in [0.5, 0.6) is 0 Å². The number of rotatable bonds is 3. The molecular formula is C16H10F3NO. The second kappa shape index (κ2) is 5.09. The first-order valence-electron chi connectivity index (χ1n) is 6.29. The molecule has 0 saturated carbocycles. The van der Waals surface area contributed by atoms with E-state index in [9.17, 15) is 18.0 Å². The van der Waals surface area contributed by atoms with Gasteiger partial charge >= 0.3 is 0 Å². The summed E-state index contributed by atoms with van der Waals surface area (Å²) in [6.07, 6.45) is 1.30. The summed E-state index contributed by atoms with van der Waals surface area (Å²) in [5, 5.41) is 0.213. The van der Waals surface area contributed by atoms with Gasteiger partial charge in [0.15, 0.2) is 17.4 Å². The van der Waals surface area contributed by atoms with Crippen molar-refractivity contribution in [3.8, 4) is 0 Å². The fourth-order valence-electron chi connectivity index (χ4n) is 2.29. The van der Waals surface area contributed by atoms with E-state index in [4.69, 9.17) is 0 Å². The maximum absolute atomic E-state index is 13.8. The summed E-state index contributed by atoms with van der Waals surface area (Å²) >= 11 is 0. The lowest BCUT2D eigenvalue weighted by molar-refractivity contribution is 0.0994. The molecule has 0 spiro atoms. The molecule has 1 heterocycles. The van der Waals surface area contributed by atoms with Crippen molar-refractivity contribution in [1.29, 1.82) is 0 Å². The summed E-state index contributed by atoms with van der Waals surface area (Å²) in [5.74, 6) is -2.84. The van der Waals surface area contributed by atoms with Crippen molar-refractivity contribution in [3.05, 3.63) is 71.2 Å². The van der Waals surface area contributed by atoms with E-state index in [0.29, 0.717) is 11.1 Å². The number of carbonyl (C=O) groups excluding carboxylic acids is 1. The van der Waals surface area contributed by atoms with Crippen molar-refractivity contribution in [3.63, 3.8) is 0 Å². The van der Waals surface area contributed by atoms with E-state index in [1.807, 2.05) is 0 Å². The van der Waals surface area contributed by atoms with Crippen LogP contribution in [0.1, 0.15) is 15.9 Å². The number of hydrogen-bond acceptors (Lipinski definition) is 1. The van der Waals surface area contributed by atoms with Gasteiger partial charge in [0.05, 0.1) is 0 Å². The predicted octanol–water partition coefficient (Wildman–Crippen LogP) is 4.01. The van der Waals surface area contributed by atoms with E-state index in [1.54, 1.807) is 6.07 Å². The number of aromatic nitrogens is 1. The second-order valence-electron chi connectivity index (χ2n) is 4.71. The van der Waals surface area contributed by atoms with Crippen LogP contribution in [0.2, 0.25) is 0 Å². The number of nitrogens with one attached hydrogen (secondary N) is 1. The van der Waals surface area contributed by atoms with Crippen molar-refractivity contribution < 1.29 is 18.0 Å². The Kier molecular flexibility index (Phi) is 3.25. The molecule has 0 saturated heterocycles. The molecule has 0 aliphatic rings. The molecule has 0 aliphatic heterocycles. The number of halogens is 3. The first-order chi connectivity index (χ1) is 10.1. The molecule has 0 aliphatic carbocycles. The van der Waals surface area contributed by atoms with Crippen molar-refractivity contribution in [2.45, 2.75) is 6.42 Å². The highest BCUT2D eigenvalue weighted by molar-refractivity contribution is 6.08. The highest BCUT2D eigenvalue weighted by atomic mass is 19.2. The zero-order valence-corrected chi connectivity index (χ0v) is 10.8. The van der Waals surface area contributed by atoms with Gasteiger partial charge in [-0.25, -0.2) is 13.2 Å². The topological polar surface area (TPSA) is 32.9 Å². The van der Waals surface area contributed by atoms with E-state index >= 15 is 0 Å². The Morgan fingerprint density at radius 3 is 2.57 bits per heavy atom. The summed E-state index contributed by atoms with van der Waals surface area (Å²) in [6.45, 7) is 0. The van der Waals surface area contributed by atoms with Gasteiger partial charge in [-0.15, -0.1) is 0 Å². The summed E-state index contributed by atoms with van der Waals surface area (Å²) in [7, 11) is 0. The molecule has 106 valence electrons. The van der Waals surface area contributed by atoms with Gasteiger partial charge in [0.25, 0.3) is 0 Å². The quantitative estimate of drug-likeness (QED) is 0.726. The van der Waals surface area contributed by atoms with Crippen molar-refractivity contribution in [2.75, 3.05) is 0 Å². The molecule has 0 unspecified atom stereocenters. The van der Waals surface area contributed by atoms with Crippen LogP contribution in [0.25, 0.3) is 10.9 Å². The van der Waals surface area contributed by atoms with Crippen LogP contribution >= 0.6 is 0 Å². The molecule has 21 heavy (non-hydrogen) atoms. The molecule has 2 aromatic carbocycles. The third-order valence-electron chi connectivity index (χ3n) is 3.30. The zero-order valence-electron chi connectivity index (χ0n) is 10.8. The number of Topliss-reactive ketones (excluding diaryl/α,β-unsaturated/α-hetero) is 1. The average Bonchev–Trinajstić information content (AvgIpc) is 2.88. The van der Waals surface area contributed by atoms with Gasteiger partial charge in [-0.1, -0.05) is 12.1 Å². The normalized spacial score (nSPS) is 11.0. The molecule has 0 bridgehead atoms. The van der Waals surface area contributed by atoms with Crippen molar-refractivity contribution >= 4 is 16.7 Å². The standard InChI is InChI=1S/C16H10F3NO/c17-11-5-4-9(6-13(11)19)7-15(21)10-8-20-14-3-1-2-12(18)16(10)14/h1-6,8,20H,7H2. The Labute approximate surface area is 118 Å². The summed E-state index contributed by atoms with van der Waals surface area (Å²) in [5.41, 5.74) is 1.06. The lowest BCUT2D eigenvalue weighted by Crippen LogP contribution is -2.04. The highest BCUT2D eigenvalue weighted by Gasteiger charge is 2.16. The zero-order chi connectivity index (χ0) is 15.0. The van der Waals surface area contributed by atoms with Gasteiger partial charge in [-0.05, 0) is 29.8 Å². The van der Waals surface area contributed by atoms with E-state index in [0.717, 1.165) is 12.1 Å². The van der Waals surface area contributed by atoms with Gasteiger partial charge in [-0.3, -0.25) is 4.79 Å². The molecule has 3 rings (SSSR count). The molecule has 5 heteroatoms. The lowest BCUT2D eigenvalue weighted by atomic mass is 10.0. The number of ketones is 1. The van der Waals surface area contributed by atoms with Crippen LogP contribution in [0, 0.1) is 17.5 Å². The number of aromatic amines is 1. The minimum absolute atomic E-state index is 0.127. The first-order valence-corrected chi connectivity index (χ1v) is 6.29. The maximum Gasteiger partial charge on any atom is 0.169 e. The molecule has 0 atom stereocenters. The number of fused-ring (bicyclic) bond motifs is 1. The van der Waals surface area contributed by atoms with Crippen molar-refractivity contribution in [1.82, 2.24) is 4.98 Å². The Bertz CT molecular complexity index is 839. The van der Waals surface area contributed by atoms with Crippen LogP contribution in [0.3, 0.4) is 0 Å². The largest absolute Gasteiger partial charge is 0.360 e. The molecule has 0 radical (unpaired) electrons. The van der Waals surface area contributed by atoms with Gasteiger partial charge in [-0.2, -0.15) is 0 Å². The maximum atomic E-state index is 13.8. The number of H-pyrrole nitrogens is 1. The molecule has 2 nitrogen and oxygen atoms in total. The van der Waals surface area contributed by atoms with Crippen LogP contribution in [-0.2, 0) is 6.42 Å². The van der Waals surface area contributed by atoms with E-state index in [1.165, 1.54) is 24.4 Å². The monoisotopic (exact) mass is 289 g/mol. The summed E-state index contributed by atoms with van der Waals surface area (Å²) in [4.78, 5) is 15.1. The third kappa shape index (κ3) is 2.42. The van der Waals surface area contributed by atoms with E-state index in [-0.39, 0.29) is 23.2 Å². The van der Waals surface area contributed by atoms with Crippen molar-refractivity contribution in [2.24, 2.45) is 0 Å². The average molecular weight is 289 g/mol. The Morgan fingerprint density at radius 1 is 1.00 bits per heavy atom. The fraction of sp³-hybridized carbons (Fsp3) is 0.0625. The minimum atomic E-state index is -1.01. The van der Waals surface area contributed by atoms with Crippen LogP contribution in [0.15, 0.2) is 42.6 Å². The van der Waals surface area contributed by atoms with E-state index < -0.39 is 17.5 Å². The highest BCUT2D eigenvalue weighted by Crippen LogP contribution is 2.23. The SMILES string of the molecule is O=C(Cc1ccc(F)c(F)c1)c1c[nH]c2cccc(F)c12. The predicted molar refractivity (Wildman–Crippen MR) is 72.6 cm³/mol. The minimum Gasteiger partial charge on any atom is -0.360 e. The van der Waals surface area contributed by atoms with Crippen LogP contribution in [0.4, 0.5) is 13.2 Å². The second-order valence-corrected chi connectivity index (χ2v) is 4.71. The molecule has 3 aromatic rings. The molecule has 1 N–H and O–H groups in total. The summed E-state index contributed by atoms with van der Waals surface area (Å²) < 4.78 is 39.8. The summed E-state index contributed by atoms with van der Waals surface area (Å²) in [6, 6.07) is 7.74. The van der Waals surface area contributed by atoms with Gasteiger partial charge < -0.3 is 4.98 Å². The van der Waals surface area contributed by atoms with Crippen LogP contribution in [-0.4, -0.2) is 10.8 Å². The Hall–Kier alpha value is -2.56. The van der Waals surface area contributed by atoms with Crippen LogP contribution < -0.4 is 0 Å². The molecule has 0 fully saturated rings. The number of hydrogen-bond donors (Lipinski definition) is 1. The lowest BCUT2D eigenvalue weighted by Gasteiger charge is -2.02. The number of benzene rings is 2. The Morgan fingerprint density at radius 2 is 1.81 bits per heavy atom. The first kappa shape index (κ1) is 13.4. The van der Waals surface area contributed by atoms with Gasteiger partial charge in [0.2, 0.25) is 0 Å². The van der Waals surface area contributed by atoms with Gasteiger partial charge in [0.1, 0.15) is 5.82 Å². The van der Waals surface area contributed by atoms with Gasteiger partial charge in [0, 0.05) is 29.1 Å². The van der Waals surface area contributed by atoms with E-state index in [2.05, 4.69) is 4.98 Å². The Balaban J connectivity index is 1.95. The number of carbonyl (C=O) groups is 1. The molecule has 0 amide bonds. The third-order valence-corrected chi connectivity index (χ3v) is 3.30.